The third-order valence-electron chi connectivity index (χ3n) is 1.96. The van der Waals surface area contributed by atoms with Crippen LogP contribution >= 0.6 is 27.3 Å². The minimum Gasteiger partial charge on any atom is -0.395 e. The van der Waals surface area contributed by atoms with Crippen molar-refractivity contribution >= 4 is 27.3 Å². The maximum Gasteiger partial charge on any atom is 0.0556 e. The minimum absolute atomic E-state index is 0.141. The zero-order chi connectivity index (χ0) is 10.6. The molecule has 1 aromatic heterocycles. The van der Waals surface area contributed by atoms with Crippen molar-refractivity contribution in [3.05, 3.63) is 20.3 Å². The molecule has 0 aliphatic carbocycles. The first-order valence-electron chi connectivity index (χ1n) is 4.49. The molecule has 0 saturated carbocycles. The Morgan fingerprint density at radius 1 is 1.71 bits per heavy atom. The van der Waals surface area contributed by atoms with E-state index in [1.54, 1.807) is 11.3 Å². The van der Waals surface area contributed by atoms with Crippen molar-refractivity contribution in [3.63, 3.8) is 0 Å². The average Bonchev–Trinajstić information content (AvgIpc) is 2.48. The molecule has 5 heteroatoms. The van der Waals surface area contributed by atoms with Crippen LogP contribution in [0.2, 0.25) is 0 Å². The summed E-state index contributed by atoms with van der Waals surface area (Å²) in [5, 5.41) is 11.9. The Hall–Kier alpha value is 0.0600. The molecule has 1 rings (SSSR count). The topological polar surface area (TPSA) is 58.3 Å². The lowest BCUT2D eigenvalue weighted by Crippen LogP contribution is -2.29. The van der Waals surface area contributed by atoms with Crippen molar-refractivity contribution in [2.45, 2.75) is 13.0 Å². The Kier molecular flexibility index (Phi) is 5.05. The number of hydrogen-bond donors (Lipinski definition) is 3. The smallest absolute Gasteiger partial charge is 0.0556 e. The number of nitrogens with two attached hydrogens (primary N) is 1. The van der Waals surface area contributed by atoms with Gasteiger partial charge in [0.15, 0.2) is 0 Å². The summed E-state index contributed by atoms with van der Waals surface area (Å²) in [5.74, 6) is 0. The van der Waals surface area contributed by atoms with Gasteiger partial charge in [0.05, 0.1) is 12.6 Å². The van der Waals surface area contributed by atoms with Gasteiger partial charge in [-0.2, -0.15) is 0 Å². The Bertz CT molecular complexity index is 271. The van der Waals surface area contributed by atoms with Gasteiger partial charge in [-0.15, -0.1) is 11.3 Å². The predicted octanol–water partition coefficient (Wildman–Crippen LogP) is 1.40. The molecular formula is C9H15BrN2OS. The van der Waals surface area contributed by atoms with E-state index in [9.17, 15) is 0 Å². The van der Waals surface area contributed by atoms with Gasteiger partial charge in [-0.25, -0.2) is 0 Å². The summed E-state index contributed by atoms with van der Waals surface area (Å²) in [6.45, 7) is 3.34. The van der Waals surface area contributed by atoms with Gasteiger partial charge in [-0.3, -0.25) is 0 Å². The largest absolute Gasteiger partial charge is 0.395 e. The zero-order valence-corrected chi connectivity index (χ0v) is 10.5. The molecule has 0 aromatic carbocycles. The first kappa shape index (κ1) is 12.1. The van der Waals surface area contributed by atoms with Crippen molar-refractivity contribution in [2.75, 3.05) is 19.7 Å². The Morgan fingerprint density at radius 2 is 2.43 bits per heavy atom. The third-order valence-corrected chi connectivity index (χ3v) is 4.21. The normalized spacial score (nSPS) is 13.1. The van der Waals surface area contributed by atoms with Crippen LogP contribution in [0.3, 0.4) is 0 Å². The van der Waals surface area contributed by atoms with Gasteiger partial charge in [-0.1, -0.05) is 0 Å². The van der Waals surface area contributed by atoms with Gasteiger partial charge in [0.2, 0.25) is 0 Å². The van der Waals surface area contributed by atoms with E-state index in [0.29, 0.717) is 13.1 Å². The van der Waals surface area contributed by atoms with E-state index in [1.165, 1.54) is 9.75 Å². The lowest BCUT2D eigenvalue weighted by molar-refractivity contribution is 0.285. The summed E-state index contributed by atoms with van der Waals surface area (Å²) in [4.78, 5) is 2.47. The van der Waals surface area contributed by atoms with Gasteiger partial charge in [0.25, 0.3) is 0 Å². The molecule has 0 spiro atoms. The van der Waals surface area contributed by atoms with Gasteiger partial charge in [-0.05, 0) is 28.9 Å². The second kappa shape index (κ2) is 5.82. The van der Waals surface area contributed by atoms with Gasteiger partial charge in [0, 0.05) is 27.3 Å². The third kappa shape index (κ3) is 3.03. The summed E-state index contributed by atoms with van der Waals surface area (Å²) in [5.41, 5.74) is 5.65. The summed E-state index contributed by atoms with van der Waals surface area (Å²) in [6.07, 6.45) is 0. The number of nitrogens with one attached hydrogen (secondary N) is 1. The maximum atomic E-state index is 8.71. The highest BCUT2D eigenvalue weighted by molar-refractivity contribution is 9.10. The molecule has 80 valence electrons. The standard InChI is InChI=1S/C9H15BrN2OS/c1-6-7(10)4-9(14-6)8(5-11)12-2-3-13/h4,8,12-13H,2-3,5,11H2,1H3. The first-order chi connectivity index (χ1) is 6.69. The van der Waals surface area contributed by atoms with Crippen LogP contribution in [0.1, 0.15) is 15.8 Å². The molecule has 0 fully saturated rings. The van der Waals surface area contributed by atoms with E-state index in [1.807, 2.05) is 0 Å². The van der Waals surface area contributed by atoms with E-state index < -0.39 is 0 Å². The predicted molar refractivity (Wildman–Crippen MR) is 63.6 cm³/mol. The molecule has 0 radical (unpaired) electrons. The molecule has 1 aromatic rings. The Labute approximate surface area is 96.4 Å². The average molecular weight is 279 g/mol. The van der Waals surface area contributed by atoms with Crippen LogP contribution in [0.4, 0.5) is 0 Å². The lowest BCUT2D eigenvalue weighted by atomic mass is 10.2. The molecule has 0 bridgehead atoms. The number of rotatable bonds is 5. The minimum atomic E-state index is 0.141. The van der Waals surface area contributed by atoms with Crippen molar-refractivity contribution in [3.8, 4) is 0 Å². The van der Waals surface area contributed by atoms with Crippen LogP contribution in [0.5, 0.6) is 0 Å². The molecule has 1 heterocycles. The van der Waals surface area contributed by atoms with E-state index in [-0.39, 0.29) is 12.6 Å². The Balaban J connectivity index is 2.68. The van der Waals surface area contributed by atoms with Crippen LogP contribution in [0.25, 0.3) is 0 Å². The molecule has 0 aliphatic heterocycles. The van der Waals surface area contributed by atoms with Crippen molar-refractivity contribution in [2.24, 2.45) is 5.73 Å². The highest BCUT2D eigenvalue weighted by Gasteiger charge is 2.12. The summed E-state index contributed by atoms with van der Waals surface area (Å²) < 4.78 is 1.13. The monoisotopic (exact) mass is 278 g/mol. The fourth-order valence-corrected chi connectivity index (χ4v) is 2.84. The summed E-state index contributed by atoms with van der Waals surface area (Å²) in [6, 6.07) is 2.24. The highest BCUT2D eigenvalue weighted by atomic mass is 79.9. The number of aliphatic hydroxyl groups excluding tert-OH is 1. The van der Waals surface area contributed by atoms with E-state index in [4.69, 9.17) is 10.8 Å². The van der Waals surface area contributed by atoms with Crippen LogP contribution < -0.4 is 11.1 Å². The zero-order valence-electron chi connectivity index (χ0n) is 8.09. The van der Waals surface area contributed by atoms with Crippen molar-refractivity contribution in [1.82, 2.24) is 5.32 Å². The van der Waals surface area contributed by atoms with Gasteiger partial charge in [0.1, 0.15) is 0 Å². The van der Waals surface area contributed by atoms with E-state index in [0.717, 1.165) is 4.47 Å². The van der Waals surface area contributed by atoms with Crippen LogP contribution in [0.15, 0.2) is 10.5 Å². The fourth-order valence-electron chi connectivity index (χ4n) is 1.19. The van der Waals surface area contributed by atoms with Crippen LogP contribution in [-0.2, 0) is 0 Å². The van der Waals surface area contributed by atoms with Crippen molar-refractivity contribution < 1.29 is 5.11 Å². The number of aliphatic hydroxyl groups is 1. The molecular weight excluding hydrogens is 264 g/mol. The first-order valence-corrected chi connectivity index (χ1v) is 6.10. The van der Waals surface area contributed by atoms with Crippen LogP contribution in [-0.4, -0.2) is 24.8 Å². The molecule has 0 amide bonds. The number of aryl methyl sites for hydroxylation is 1. The molecule has 1 unspecified atom stereocenters. The summed E-state index contributed by atoms with van der Waals surface area (Å²) in [7, 11) is 0. The van der Waals surface area contributed by atoms with Gasteiger partial charge < -0.3 is 16.2 Å². The SMILES string of the molecule is Cc1sc(C(CN)NCCO)cc1Br. The lowest BCUT2D eigenvalue weighted by Gasteiger charge is -2.13. The number of thiophene rings is 1. The van der Waals surface area contributed by atoms with Crippen LogP contribution in [0, 0.1) is 6.92 Å². The molecule has 0 aliphatic rings. The van der Waals surface area contributed by atoms with E-state index in [2.05, 4.69) is 34.2 Å². The Morgan fingerprint density at radius 3 is 2.86 bits per heavy atom. The maximum absolute atomic E-state index is 8.71. The summed E-state index contributed by atoms with van der Waals surface area (Å²) >= 11 is 5.20. The quantitative estimate of drug-likeness (QED) is 0.763. The molecule has 0 saturated heterocycles. The molecule has 14 heavy (non-hydrogen) atoms. The molecule has 3 nitrogen and oxygen atoms in total. The second-order valence-electron chi connectivity index (χ2n) is 3.02. The number of hydrogen-bond acceptors (Lipinski definition) is 4. The number of halogens is 1. The molecule has 4 N–H and O–H groups in total. The van der Waals surface area contributed by atoms with E-state index >= 15 is 0 Å². The highest BCUT2D eigenvalue weighted by Crippen LogP contribution is 2.30. The fraction of sp³-hybridized carbons (Fsp3) is 0.556. The second-order valence-corrected chi connectivity index (χ2v) is 5.16. The molecule has 1 atom stereocenters. The van der Waals surface area contributed by atoms with Gasteiger partial charge >= 0.3 is 0 Å². The van der Waals surface area contributed by atoms with Crippen molar-refractivity contribution in [1.29, 1.82) is 0 Å².